The van der Waals surface area contributed by atoms with Crippen LogP contribution in [-0.4, -0.2) is 96.0 Å². The van der Waals surface area contributed by atoms with Crippen molar-refractivity contribution in [1.82, 2.24) is 0 Å². The van der Waals surface area contributed by atoms with Crippen LogP contribution in [0.1, 0.15) is 123 Å². The SMILES string of the molecule is CC/C=C/C=C/C=C/C=C/C=C/CCCC(=O)OC(COC(=O)CCCCCCCCC/C=C/C/C=C/C/C=C/C/C=C/CC)CO[C@H]1O[C@H](CS(=O)(=O)O)[C@@H](O)C(O)C1O. The molecule has 3 unspecified atom stereocenters. The van der Waals surface area contributed by atoms with E-state index in [1.165, 1.54) is 0 Å². The molecule has 344 valence electrons. The zero-order chi connectivity index (χ0) is 44.8. The predicted molar refractivity (Wildman–Crippen MR) is 242 cm³/mol. The number of carbonyl (C=O) groups is 2. The van der Waals surface area contributed by atoms with E-state index in [0.29, 0.717) is 19.3 Å². The van der Waals surface area contributed by atoms with Crippen LogP contribution < -0.4 is 0 Å². The highest BCUT2D eigenvalue weighted by Crippen LogP contribution is 2.24. The average Bonchev–Trinajstić information content (AvgIpc) is 3.22. The number of rotatable bonds is 34. The lowest BCUT2D eigenvalue weighted by atomic mass is 10.00. The first-order valence-electron chi connectivity index (χ1n) is 22.0. The first kappa shape index (κ1) is 55.3. The molecule has 6 atom stereocenters. The number of unbranched alkanes of at least 4 members (excludes halogenated alkanes) is 8. The lowest BCUT2D eigenvalue weighted by Crippen LogP contribution is -2.60. The van der Waals surface area contributed by atoms with Crippen molar-refractivity contribution in [2.45, 2.75) is 160 Å². The number of esters is 2. The molecule has 0 saturated carbocycles. The van der Waals surface area contributed by atoms with Gasteiger partial charge in [-0.1, -0.05) is 155 Å². The standard InChI is InChI=1S/C48H74O12S/c1-3-5-7-9-11-13-15-17-18-19-20-21-22-23-25-26-28-30-32-34-36-43(49)57-38-41(39-58-48-47(53)46(52)45(51)42(60-48)40-61(54,55)56)59-44(50)37-35-33-31-29-27-24-16-14-12-10-8-6-4-2/h5-8,10-14,16-18,20-21,24,27,29,31,41-42,45-48,51-53H,3-4,9,15,19,22-23,25-26,28,30,32-40H2,1-2H3,(H,54,55,56)/b7-5+,8-6+,12-10+,13-11+,16-14+,18-17+,21-20+,27-24+,31-29+/t41?,42-,45-,46?,47?,48+/m1/s1. The minimum absolute atomic E-state index is 0.0583. The maximum atomic E-state index is 12.8. The van der Waals surface area contributed by atoms with E-state index in [0.717, 1.165) is 77.0 Å². The van der Waals surface area contributed by atoms with Crippen molar-refractivity contribution in [3.05, 3.63) is 109 Å². The lowest BCUT2D eigenvalue weighted by Gasteiger charge is -2.40. The summed E-state index contributed by atoms with van der Waals surface area (Å²) >= 11 is 0. The fraction of sp³-hybridized carbons (Fsp3) is 0.583. The van der Waals surface area contributed by atoms with E-state index >= 15 is 0 Å². The molecule has 1 saturated heterocycles. The van der Waals surface area contributed by atoms with E-state index in [1.54, 1.807) is 0 Å². The minimum Gasteiger partial charge on any atom is -0.462 e. The Bertz CT molecular complexity index is 1540. The molecule has 13 heteroatoms. The van der Waals surface area contributed by atoms with Gasteiger partial charge in [-0.3, -0.25) is 14.1 Å². The fourth-order valence-electron chi connectivity index (χ4n) is 5.87. The molecular formula is C48H74O12S. The van der Waals surface area contributed by atoms with Crippen molar-refractivity contribution in [1.29, 1.82) is 0 Å². The second-order valence-corrected chi connectivity index (χ2v) is 16.2. The second-order valence-electron chi connectivity index (χ2n) is 14.7. The molecule has 1 fully saturated rings. The Kier molecular flexibility index (Phi) is 33.5. The molecule has 1 aliphatic rings. The Morgan fingerprint density at radius 3 is 1.69 bits per heavy atom. The maximum Gasteiger partial charge on any atom is 0.306 e. The topological polar surface area (TPSA) is 186 Å². The monoisotopic (exact) mass is 874 g/mol. The lowest BCUT2D eigenvalue weighted by molar-refractivity contribution is -0.297. The highest BCUT2D eigenvalue weighted by atomic mass is 32.2. The van der Waals surface area contributed by atoms with Crippen molar-refractivity contribution >= 4 is 22.1 Å². The summed E-state index contributed by atoms with van der Waals surface area (Å²) in [6.45, 7) is 3.40. The molecule has 0 amide bonds. The molecule has 61 heavy (non-hydrogen) atoms. The number of aliphatic hydroxyl groups is 3. The van der Waals surface area contributed by atoms with Gasteiger partial charge >= 0.3 is 11.9 Å². The van der Waals surface area contributed by atoms with Gasteiger partial charge in [0, 0.05) is 12.8 Å². The zero-order valence-electron chi connectivity index (χ0n) is 36.5. The zero-order valence-corrected chi connectivity index (χ0v) is 37.3. The Morgan fingerprint density at radius 1 is 0.574 bits per heavy atom. The van der Waals surface area contributed by atoms with Gasteiger partial charge in [0.25, 0.3) is 10.1 Å². The van der Waals surface area contributed by atoms with E-state index in [4.69, 9.17) is 18.9 Å². The van der Waals surface area contributed by atoms with Crippen LogP contribution in [0.4, 0.5) is 0 Å². The second kappa shape index (κ2) is 36.9. The molecule has 0 aromatic heterocycles. The number of ether oxygens (including phenoxy) is 4. The van der Waals surface area contributed by atoms with Crippen LogP contribution in [0.25, 0.3) is 0 Å². The molecule has 12 nitrogen and oxygen atoms in total. The predicted octanol–water partition coefficient (Wildman–Crippen LogP) is 8.83. The van der Waals surface area contributed by atoms with Crippen molar-refractivity contribution in [3.63, 3.8) is 0 Å². The van der Waals surface area contributed by atoms with Crippen LogP contribution in [-0.2, 0) is 38.7 Å². The highest BCUT2D eigenvalue weighted by molar-refractivity contribution is 7.85. The van der Waals surface area contributed by atoms with Crippen LogP contribution >= 0.6 is 0 Å². The van der Waals surface area contributed by atoms with Crippen molar-refractivity contribution in [2.24, 2.45) is 0 Å². The smallest absolute Gasteiger partial charge is 0.306 e. The molecule has 1 heterocycles. The number of hydrogen-bond donors (Lipinski definition) is 4. The van der Waals surface area contributed by atoms with Gasteiger partial charge in [0.05, 0.1) is 6.61 Å². The Morgan fingerprint density at radius 2 is 1.08 bits per heavy atom. The van der Waals surface area contributed by atoms with E-state index < -0.39 is 71.2 Å². The summed E-state index contributed by atoms with van der Waals surface area (Å²) in [5.41, 5.74) is 0. The van der Waals surface area contributed by atoms with E-state index in [-0.39, 0.29) is 19.4 Å². The maximum absolute atomic E-state index is 12.8. The van der Waals surface area contributed by atoms with Crippen molar-refractivity contribution in [2.75, 3.05) is 19.0 Å². The average molecular weight is 875 g/mol. The van der Waals surface area contributed by atoms with Gasteiger partial charge < -0.3 is 34.3 Å². The van der Waals surface area contributed by atoms with E-state index in [1.807, 2.05) is 54.7 Å². The number of allylic oxidation sites excluding steroid dienone is 18. The number of aliphatic hydroxyl groups excluding tert-OH is 3. The number of hydrogen-bond acceptors (Lipinski definition) is 11. The van der Waals surface area contributed by atoms with Crippen LogP contribution in [0, 0.1) is 0 Å². The third-order valence-corrected chi connectivity index (χ3v) is 9.98. The van der Waals surface area contributed by atoms with Gasteiger partial charge in [0.1, 0.15) is 36.8 Å². The van der Waals surface area contributed by atoms with Crippen LogP contribution in [0.2, 0.25) is 0 Å². The summed E-state index contributed by atoms with van der Waals surface area (Å²) in [6.07, 6.45) is 41.5. The molecule has 0 aromatic carbocycles. The van der Waals surface area contributed by atoms with Crippen LogP contribution in [0.3, 0.4) is 0 Å². The Labute approximate surface area is 365 Å². The summed E-state index contributed by atoms with van der Waals surface area (Å²) in [6, 6.07) is 0. The molecular weight excluding hydrogens is 801 g/mol. The molecule has 1 aliphatic heterocycles. The Balaban J connectivity index is 2.49. The van der Waals surface area contributed by atoms with Gasteiger partial charge in [-0.05, 0) is 64.2 Å². The molecule has 0 bridgehead atoms. The van der Waals surface area contributed by atoms with Gasteiger partial charge in [-0.15, -0.1) is 0 Å². The molecule has 4 N–H and O–H groups in total. The first-order valence-corrected chi connectivity index (χ1v) is 23.6. The number of carbonyl (C=O) groups excluding carboxylic acids is 2. The first-order chi connectivity index (χ1) is 29.5. The molecule has 0 spiro atoms. The molecule has 0 aliphatic carbocycles. The highest BCUT2D eigenvalue weighted by Gasteiger charge is 2.46. The van der Waals surface area contributed by atoms with Crippen molar-refractivity contribution in [3.8, 4) is 0 Å². The van der Waals surface area contributed by atoms with E-state index in [9.17, 15) is 37.9 Å². The van der Waals surface area contributed by atoms with Gasteiger partial charge in [-0.25, -0.2) is 0 Å². The fourth-order valence-corrected chi connectivity index (χ4v) is 6.56. The van der Waals surface area contributed by atoms with Crippen LogP contribution in [0.5, 0.6) is 0 Å². The summed E-state index contributed by atoms with van der Waals surface area (Å²) in [7, 11) is -4.62. The van der Waals surface area contributed by atoms with E-state index in [2.05, 4.69) is 68.5 Å². The summed E-state index contributed by atoms with van der Waals surface area (Å²) in [5.74, 6) is -2.11. The Hall–Kier alpha value is -3.69. The summed E-state index contributed by atoms with van der Waals surface area (Å²) < 4.78 is 53.9. The summed E-state index contributed by atoms with van der Waals surface area (Å²) in [4.78, 5) is 25.4. The van der Waals surface area contributed by atoms with Gasteiger partial charge in [0.2, 0.25) is 0 Å². The quantitative estimate of drug-likeness (QED) is 0.0159. The molecule has 0 aromatic rings. The molecule has 1 rings (SSSR count). The largest absolute Gasteiger partial charge is 0.462 e. The van der Waals surface area contributed by atoms with Gasteiger partial charge in [-0.2, -0.15) is 8.42 Å². The van der Waals surface area contributed by atoms with Gasteiger partial charge in [0.15, 0.2) is 12.4 Å². The third-order valence-electron chi connectivity index (χ3n) is 9.23. The summed E-state index contributed by atoms with van der Waals surface area (Å²) in [5, 5.41) is 30.8. The third kappa shape index (κ3) is 31.8. The normalized spacial score (nSPS) is 21.0. The van der Waals surface area contributed by atoms with Crippen molar-refractivity contribution < 1.29 is 56.8 Å². The minimum atomic E-state index is -4.62. The van der Waals surface area contributed by atoms with Crippen LogP contribution in [0.15, 0.2) is 109 Å². The molecule has 0 radical (unpaired) electrons.